The van der Waals surface area contributed by atoms with E-state index in [2.05, 4.69) is 23.4 Å². The number of hydrogen-bond acceptors (Lipinski definition) is 3. The number of aliphatic hydroxyl groups is 1. The SMILES string of the molecule is CC(C)N[C@@H](CC1CCCCC1)[C@@H](O)C[CH-]C(=O)[NH][Ge].[Gd]. The molecule has 1 saturated carbocycles. The average molecular weight is 498 g/mol. The van der Waals surface area contributed by atoms with Crippen LogP contribution in [0.5, 0.6) is 0 Å². The first kappa shape index (κ1) is 22.1. The first-order valence-electron chi connectivity index (χ1n) is 7.77. The van der Waals surface area contributed by atoms with Crippen LogP contribution in [0.3, 0.4) is 0 Å². The number of rotatable bonds is 8. The molecule has 21 heavy (non-hydrogen) atoms. The topological polar surface area (TPSA) is 61.4 Å². The second-order valence-electron chi connectivity index (χ2n) is 6.16. The van der Waals surface area contributed by atoms with Crippen LogP contribution < -0.4 is 9.59 Å². The Morgan fingerprint density at radius 3 is 2.48 bits per heavy atom. The smallest absolute Gasteiger partial charge is 0 e. The first-order valence-corrected chi connectivity index (χ1v) is 8.81. The molecule has 0 aliphatic heterocycles. The summed E-state index contributed by atoms with van der Waals surface area (Å²) in [6.45, 7) is 4.20. The Labute approximate surface area is 170 Å². The van der Waals surface area contributed by atoms with Crippen LogP contribution >= 0.6 is 0 Å². The first-order chi connectivity index (χ1) is 9.52. The Hall–Kier alpha value is 1.13. The molecule has 0 aromatic heterocycles. The number of amides is 1. The van der Waals surface area contributed by atoms with Gasteiger partial charge in [0.25, 0.3) is 0 Å². The van der Waals surface area contributed by atoms with Gasteiger partial charge in [-0.2, -0.15) is 0 Å². The van der Waals surface area contributed by atoms with Gasteiger partial charge in [-0.1, -0.05) is 0 Å². The predicted molar refractivity (Wildman–Crippen MR) is 82.1 cm³/mol. The van der Waals surface area contributed by atoms with Crippen molar-refractivity contribution in [3.63, 3.8) is 0 Å². The summed E-state index contributed by atoms with van der Waals surface area (Å²) in [5.74, 6) is 0.597. The van der Waals surface area contributed by atoms with Gasteiger partial charge in [0.15, 0.2) is 0 Å². The molecule has 0 heterocycles. The van der Waals surface area contributed by atoms with Crippen LogP contribution in [0.4, 0.5) is 0 Å². The summed E-state index contributed by atoms with van der Waals surface area (Å²) in [7, 11) is 0. The summed E-state index contributed by atoms with van der Waals surface area (Å²) in [6.07, 6.45) is 9.03. The van der Waals surface area contributed by atoms with Crippen molar-refractivity contribution >= 4 is 22.6 Å². The van der Waals surface area contributed by atoms with E-state index in [-0.39, 0.29) is 51.9 Å². The van der Waals surface area contributed by atoms with Crippen molar-refractivity contribution in [1.82, 2.24) is 9.59 Å². The fraction of sp³-hybridized carbons (Fsp3) is 0.867. The molecule has 0 saturated heterocycles. The third-order valence-electron chi connectivity index (χ3n) is 3.99. The van der Waals surface area contributed by atoms with E-state index in [1.807, 2.05) is 0 Å². The van der Waals surface area contributed by atoms with E-state index in [4.69, 9.17) is 0 Å². The molecule has 0 aromatic rings. The second kappa shape index (κ2) is 12.5. The molecule has 1 fully saturated rings. The average Bonchev–Trinajstić information content (AvgIpc) is 2.44. The molecule has 1 aliphatic rings. The third-order valence-corrected chi connectivity index (χ3v) is 4.51. The minimum absolute atomic E-state index is 0. The summed E-state index contributed by atoms with van der Waals surface area (Å²) >= 11 is 1.61. The Kier molecular flexibility index (Phi) is 13.2. The molecule has 123 valence electrons. The molecule has 2 atom stereocenters. The molecule has 6 heteroatoms. The third kappa shape index (κ3) is 9.77. The fourth-order valence-electron chi connectivity index (χ4n) is 2.99. The minimum atomic E-state index is -0.489. The van der Waals surface area contributed by atoms with Crippen LogP contribution in [0.25, 0.3) is 0 Å². The number of hydrogen-bond donors (Lipinski definition) is 3. The van der Waals surface area contributed by atoms with Gasteiger partial charge in [0, 0.05) is 39.9 Å². The number of carbonyl (C=O) groups excluding carboxylic acids is 1. The van der Waals surface area contributed by atoms with Crippen molar-refractivity contribution in [3.8, 4) is 0 Å². The molecule has 1 aliphatic carbocycles. The van der Waals surface area contributed by atoms with E-state index in [1.165, 1.54) is 32.1 Å². The Bertz CT molecular complexity index is 287. The van der Waals surface area contributed by atoms with Crippen molar-refractivity contribution in [1.29, 1.82) is 0 Å². The van der Waals surface area contributed by atoms with Crippen molar-refractivity contribution in [2.24, 2.45) is 5.92 Å². The molecular formula is C15H28GdGeN2O2-. The van der Waals surface area contributed by atoms with E-state index in [0.717, 1.165) is 12.3 Å². The normalized spacial score (nSPS) is 18.7. The molecule has 1 amide bonds. The van der Waals surface area contributed by atoms with E-state index in [0.29, 0.717) is 12.5 Å². The van der Waals surface area contributed by atoms with E-state index < -0.39 is 6.10 Å². The van der Waals surface area contributed by atoms with Gasteiger partial charge in [0.2, 0.25) is 0 Å². The van der Waals surface area contributed by atoms with E-state index in [9.17, 15) is 9.90 Å². The molecule has 0 bridgehead atoms. The zero-order chi connectivity index (χ0) is 15.0. The summed E-state index contributed by atoms with van der Waals surface area (Å²) in [4.78, 5) is 11.3. The van der Waals surface area contributed by atoms with Crippen LogP contribution in [-0.2, 0) is 4.79 Å². The molecule has 0 aromatic carbocycles. The number of nitrogens with one attached hydrogen (secondary N) is 2. The zero-order valence-electron chi connectivity index (χ0n) is 13.0. The molecular weight excluding hydrogens is 470 g/mol. The van der Waals surface area contributed by atoms with Gasteiger partial charge in [-0.3, -0.25) is 0 Å². The van der Waals surface area contributed by atoms with Gasteiger partial charge in [-0.25, -0.2) is 0 Å². The maximum Gasteiger partial charge on any atom is 0 e. The van der Waals surface area contributed by atoms with Crippen molar-refractivity contribution in [2.45, 2.75) is 77.0 Å². The van der Waals surface area contributed by atoms with Gasteiger partial charge in [-0.05, 0) is 0 Å². The molecule has 3 radical (unpaired) electrons. The minimum Gasteiger partial charge on any atom is 0 e. The van der Waals surface area contributed by atoms with Crippen LogP contribution in [0.1, 0.15) is 58.8 Å². The molecule has 3 N–H and O–H groups in total. The molecule has 1 rings (SSSR count). The van der Waals surface area contributed by atoms with Crippen LogP contribution in [0.2, 0.25) is 0 Å². The van der Waals surface area contributed by atoms with Crippen LogP contribution in [0, 0.1) is 52.3 Å². The Morgan fingerprint density at radius 1 is 1.33 bits per heavy atom. The summed E-state index contributed by atoms with van der Waals surface area (Å²) in [5, 5.41) is 13.8. The van der Waals surface area contributed by atoms with Crippen LogP contribution in [0.15, 0.2) is 0 Å². The maximum atomic E-state index is 11.3. The number of carbonyl (C=O) groups is 1. The summed E-state index contributed by atoms with van der Waals surface area (Å²) < 4.78 is 2.56. The van der Waals surface area contributed by atoms with Gasteiger partial charge < -0.3 is 0 Å². The van der Waals surface area contributed by atoms with Gasteiger partial charge in [0.1, 0.15) is 0 Å². The summed E-state index contributed by atoms with van der Waals surface area (Å²) in [6, 6.07) is 0.428. The zero-order valence-corrected chi connectivity index (χ0v) is 17.4. The van der Waals surface area contributed by atoms with E-state index in [1.54, 1.807) is 23.2 Å². The molecule has 0 unspecified atom stereocenters. The van der Waals surface area contributed by atoms with Gasteiger partial charge >= 0.3 is 131 Å². The largest absolute Gasteiger partial charge is 0 e. The van der Waals surface area contributed by atoms with Gasteiger partial charge in [-0.15, -0.1) is 0 Å². The molecule has 4 nitrogen and oxygen atoms in total. The van der Waals surface area contributed by atoms with Crippen LogP contribution in [-0.4, -0.2) is 45.9 Å². The van der Waals surface area contributed by atoms with E-state index >= 15 is 0 Å². The molecule has 0 spiro atoms. The maximum absolute atomic E-state index is 11.3. The van der Waals surface area contributed by atoms with Crippen molar-refractivity contribution in [3.05, 3.63) is 6.42 Å². The van der Waals surface area contributed by atoms with Gasteiger partial charge in [0.05, 0.1) is 0 Å². The predicted octanol–water partition coefficient (Wildman–Crippen LogP) is 1.48. The Morgan fingerprint density at radius 2 is 1.95 bits per heavy atom. The second-order valence-corrected chi connectivity index (χ2v) is 6.69. The van der Waals surface area contributed by atoms with Crippen molar-refractivity contribution in [2.75, 3.05) is 0 Å². The quantitative estimate of drug-likeness (QED) is 0.351. The standard InChI is InChI=1S/C15H28GeN2O2.Gd/c1-11(2)17-13(10-12-6-4-3-5-7-12)14(19)8-9-15(20)18-16;/h9,11-14,17,19H,3-8,10H2,1-2H3,(H,18,20);/q-1;/t13-,14-;/m0./s1. The number of aliphatic hydroxyl groups excluding tert-OH is 1. The monoisotopic (exact) mass is 500 g/mol. The summed E-state index contributed by atoms with van der Waals surface area (Å²) in [5.41, 5.74) is 0. The Balaban J connectivity index is 0.00000400. The fourth-order valence-corrected chi connectivity index (χ4v) is 3.20. The van der Waals surface area contributed by atoms with Crippen molar-refractivity contribution < 1.29 is 49.8 Å².